The summed E-state index contributed by atoms with van der Waals surface area (Å²) in [5.74, 6) is 0.278. The van der Waals surface area contributed by atoms with E-state index in [-0.39, 0.29) is 10.7 Å². The normalized spacial score (nSPS) is 12.6. The van der Waals surface area contributed by atoms with E-state index >= 15 is 0 Å². The summed E-state index contributed by atoms with van der Waals surface area (Å²) in [4.78, 5) is 4.03. The Morgan fingerprint density at radius 1 is 1.20 bits per heavy atom. The van der Waals surface area contributed by atoms with Gasteiger partial charge in [-0.15, -0.1) is 0 Å². The molecule has 2 rings (SSSR count). The fraction of sp³-hybridized carbons (Fsp3) is 0.385. The summed E-state index contributed by atoms with van der Waals surface area (Å²) in [5.41, 5.74) is 0.404. The molecule has 0 radical (unpaired) electrons. The van der Waals surface area contributed by atoms with Crippen molar-refractivity contribution in [1.29, 1.82) is 0 Å². The lowest BCUT2D eigenvalue weighted by atomic mass is 9.97. The summed E-state index contributed by atoms with van der Waals surface area (Å²) in [6.45, 7) is 6.76. The van der Waals surface area contributed by atoms with E-state index in [1.165, 1.54) is 0 Å². The average molecular weight is 295 g/mol. The highest BCUT2D eigenvalue weighted by Gasteiger charge is 2.31. The van der Waals surface area contributed by atoms with Crippen LogP contribution in [0.2, 0.25) is 0 Å². The third kappa shape index (κ3) is 2.73. The van der Waals surface area contributed by atoms with Crippen LogP contribution in [0.4, 0.5) is 0 Å². The molecule has 0 saturated carbocycles. The molecule has 0 fully saturated rings. The summed E-state index contributed by atoms with van der Waals surface area (Å²) in [6, 6.07) is 3.55. The molecule has 6 nitrogen and oxygen atoms in total. The van der Waals surface area contributed by atoms with Crippen LogP contribution >= 0.6 is 0 Å². The number of hydrogen-bond acceptors (Lipinski definition) is 5. The van der Waals surface area contributed by atoms with Crippen molar-refractivity contribution in [2.75, 3.05) is 0 Å². The van der Waals surface area contributed by atoms with Gasteiger partial charge >= 0.3 is 0 Å². The van der Waals surface area contributed by atoms with Crippen molar-refractivity contribution in [1.82, 2.24) is 14.9 Å². The number of nitrogens with zero attached hydrogens (tertiary/aromatic N) is 2. The zero-order valence-corrected chi connectivity index (χ0v) is 12.7. The third-order valence-corrected chi connectivity index (χ3v) is 4.93. The van der Waals surface area contributed by atoms with Crippen LogP contribution in [0.15, 0.2) is 33.9 Å². The number of aromatic nitrogens is 2. The van der Waals surface area contributed by atoms with Crippen molar-refractivity contribution in [3.8, 4) is 0 Å². The SMILES string of the molecule is Cc1noc(C)c1S(=O)(=O)NC(C)(C)c1ccncc1. The van der Waals surface area contributed by atoms with E-state index in [9.17, 15) is 8.42 Å². The van der Waals surface area contributed by atoms with Crippen molar-refractivity contribution in [2.45, 2.75) is 38.1 Å². The zero-order valence-electron chi connectivity index (χ0n) is 11.8. The lowest BCUT2D eigenvalue weighted by Gasteiger charge is -2.26. The Hall–Kier alpha value is -1.73. The van der Waals surface area contributed by atoms with Gasteiger partial charge in [0.15, 0.2) is 5.76 Å². The van der Waals surface area contributed by atoms with Gasteiger partial charge < -0.3 is 4.52 Å². The summed E-state index contributed by atoms with van der Waals surface area (Å²) < 4.78 is 32.6. The lowest BCUT2D eigenvalue weighted by Crippen LogP contribution is -2.41. The van der Waals surface area contributed by atoms with Gasteiger partial charge in [-0.05, 0) is 45.4 Å². The molecule has 0 amide bonds. The Bertz CT molecular complexity index is 686. The van der Waals surface area contributed by atoms with E-state index in [1.54, 1.807) is 52.2 Å². The molecule has 2 aromatic rings. The van der Waals surface area contributed by atoms with Gasteiger partial charge in [0.1, 0.15) is 10.6 Å². The molecule has 20 heavy (non-hydrogen) atoms. The van der Waals surface area contributed by atoms with Crippen molar-refractivity contribution in [2.24, 2.45) is 0 Å². The van der Waals surface area contributed by atoms with E-state index in [0.717, 1.165) is 5.56 Å². The van der Waals surface area contributed by atoms with Gasteiger partial charge in [0, 0.05) is 12.4 Å². The van der Waals surface area contributed by atoms with E-state index in [2.05, 4.69) is 14.9 Å². The monoisotopic (exact) mass is 295 g/mol. The molecule has 7 heteroatoms. The second-order valence-electron chi connectivity index (χ2n) is 5.12. The van der Waals surface area contributed by atoms with Crippen molar-refractivity contribution >= 4 is 10.0 Å². The van der Waals surface area contributed by atoms with Crippen molar-refractivity contribution in [3.63, 3.8) is 0 Å². The van der Waals surface area contributed by atoms with E-state index < -0.39 is 15.6 Å². The number of sulfonamides is 1. The molecule has 0 aromatic carbocycles. The van der Waals surface area contributed by atoms with Gasteiger partial charge in [-0.25, -0.2) is 13.1 Å². The fourth-order valence-electron chi connectivity index (χ4n) is 2.07. The summed E-state index contributed by atoms with van der Waals surface area (Å²) in [5, 5.41) is 3.68. The first-order valence-corrected chi connectivity index (χ1v) is 7.60. The Morgan fingerprint density at radius 2 is 1.80 bits per heavy atom. The fourth-order valence-corrected chi connectivity index (χ4v) is 3.81. The largest absolute Gasteiger partial charge is 0.360 e. The third-order valence-electron chi connectivity index (χ3n) is 3.03. The minimum absolute atomic E-state index is 0.0969. The molecule has 0 saturated heterocycles. The Balaban J connectivity index is 2.39. The molecule has 0 aliphatic rings. The highest BCUT2D eigenvalue weighted by atomic mass is 32.2. The first-order valence-electron chi connectivity index (χ1n) is 6.11. The maximum absolute atomic E-state index is 12.5. The van der Waals surface area contributed by atoms with Crippen LogP contribution in [-0.4, -0.2) is 18.6 Å². The molecule has 0 aliphatic heterocycles. The van der Waals surface area contributed by atoms with E-state index in [4.69, 9.17) is 4.52 Å². The zero-order chi connectivity index (χ0) is 15.0. The summed E-state index contributed by atoms with van der Waals surface area (Å²) in [7, 11) is -3.71. The number of pyridine rings is 1. The van der Waals surface area contributed by atoms with Crippen LogP contribution in [0.3, 0.4) is 0 Å². The maximum Gasteiger partial charge on any atom is 0.246 e. The molecule has 2 aromatic heterocycles. The number of rotatable bonds is 4. The van der Waals surface area contributed by atoms with Crippen LogP contribution in [0.5, 0.6) is 0 Å². The Kier molecular flexibility index (Phi) is 3.66. The standard InChI is InChI=1S/C13H17N3O3S/c1-9-12(10(2)19-15-9)20(17,18)16-13(3,4)11-5-7-14-8-6-11/h5-8,16H,1-4H3. The molecule has 0 unspecified atom stereocenters. The Labute approximate surface area is 118 Å². The van der Waals surface area contributed by atoms with Gasteiger partial charge in [-0.1, -0.05) is 5.16 Å². The first-order chi connectivity index (χ1) is 9.24. The molecule has 0 bridgehead atoms. The highest BCUT2D eigenvalue weighted by Crippen LogP contribution is 2.25. The quantitative estimate of drug-likeness (QED) is 0.931. The molecule has 0 atom stereocenters. The van der Waals surface area contributed by atoms with Crippen LogP contribution in [0, 0.1) is 13.8 Å². The molecule has 0 aliphatic carbocycles. The number of hydrogen-bond donors (Lipinski definition) is 1. The first kappa shape index (κ1) is 14.7. The predicted octanol–water partition coefficient (Wildman–Crippen LogP) is 1.90. The molecular weight excluding hydrogens is 278 g/mol. The smallest absolute Gasteiger partial charge is 0.246 e. The predicted molar refractivity (Wildman–Crippen MR) is 73.6 cm³/mol. The average Bonchev–Trinajstić information content (AvgIpc) is 2.69. The molecule has 1 N–H and O–H groups in total. The second-order valence-corrected chi connectivity index (χ2v) is 6.74. The molecule has 108 valence electrons. The van der Waals surface area contributed by atoms with Gasteiger partial charge in [0.25, 0.3) is 0 Å². The Morgan fingerprint density at radius 3 is 2.30 bits per heavy atom. The van der Waals surface area contributed by atoms with Crippen molar-refractivity contribution in [3.05, 3.63) is 41.5 Å². The van der Waals surface area contributed by atoms with Crippen LogP contribution in [0.25, 0.3) is 0 Å². The minimum Gasteiger partial charge on any atom is -0.360 e. The maximum atomic E-state index is 12.5. The number of nitrogens with one attached hydrogen (secondary N) is 1. The van der Waals surface area contributed by atoms with Gasteiger partial charge in [-0.3, -0.25) is 4.98 Å². The van der Waals surface area contributed by atoms with Gasteiger partial charge in [-0.2, -0.15) is 0 Å². The highest BCUT2D eigenvalue weighted by molar-refractivity contribution is 7.89. The van der Waals surface area contributed by atoms with E-state index in [1.807, 2.05) is 0 Å². The van der Waals surface area contributed by atoms with Crippen molar-refractivity contribution < 1.29 is 12.9 Å². The van der Waals surface area contributed by atoms with Gasteiger partial charge in [0.2, 0.25) is 10.0 Å². The molecular formula is C13H17N3O3S. The van der Waals surface area contributed by atoms with Crippen LogP contribution in [0.1, 0.15) is 30.9 Å². The summed E-state index contributed by atoms with van der Waals surface area (Å²) >= 11 is 0. The molecule has 0 spiro atoms. The second kappa shape index (κ2) is 4.99. The summed E-state index contributed by atoms with van der Waals surface area (Å²) in [6.07, 6.45) is 3.25. The van der Waals surface area contributed by atoms with Crippen LogP contribution in [-0.2, 0) is 15.6 Å². The number of aryl methyl sites for hydroxylation is 2. The van der Waals surface area contributed by atoms with Crippen LogP contribution < -0.4 is 4.72 Å². The topological polar surface area (TPSA) is 85.1 Å². The molecule has 2 heterocycles. The van der Waals surface area contributed by atoms with Gasteiger partial charge in [0.05, 0.1) is 5.54 Å². The van der Waals surface area contributed by atoms with E-state index in [0.29, 0.717) is 5.69 Å². The lowest BCUT2D eigenvalue weighted by molar-refractivity contribution is 0.390. The minimum atomic E-state index is -3.71.